The number of nitrogens with one attached hydrogen (secondary N) is 1. The number of hydrogen-bond donors (Lipinski definition) is 2. The van der Waals surface area contributed by atoms with E-state index in [1.54, 1.807) is 0 Å². The van der Waals surface area contributed by atoms with Gasteiger partial charge in [-0.1, -0.05) is 18.2 Å². The highest BCUT2D eigenvalue weighted by Crippen LogP contribution is 2.31. The van der Waals surface area contributed by atoms with Crippen LogP contribution in [-0.4, -0.2) is 29.6 Å². The molecule has 2 aromatic rings. The number of amides is 1. The first kappa shape index (κ1) is 17.9. The molecule has 1 aliphatic heterocycles. The molecule has 2 N–H and O–H groups in total. The Labute approximate surface area is 150 Å². The lowest BCUT2D eigenvalue weighted by Crippen LogP contribution is -2.40. The van der Waals surface area contributed by atoms with Gasteiger partial charge >= 0.3 is 5.97 Å². The Morgan fingerprint density at radius 2 is 1.88 bits per heavy atom. The van der Waals surface area contributed by atoms with Gasteiger partial charge in [0, 0.05) is 13.0 Å². The fourth-order valence-corrected chi connectivity index (χ4v) is 3.02. The van der Waals surface area contributed by atoms with Crippen LogP contribution in [-0.2, 0) is 16.0 Å². The number of aryl methyl sites for hydroxylation is 2. The number of carboxylic acid groups (broad SMARTS) is 1. The van der Waals surface area contributed by atoms with E-state index in [1.165, 1.54) is 24.3 Å². The topological polar surface area (TPSA) is 75.6 Å². The molecule has 2 unspecified atom stereocenters. The lowest BCUT2D eigenvalue weighted by Gasteiger charge is -2.16. The first-order chi connectivity index (χ1) is 12.3. The Morgan fingerprint density at radius 1 is 1.23 bits per heavy atom. The smallest absolute Gasteiger partial charge is 0.312 e. The van der Waals surface area contributed by atoms with E-state index in [0.717, 1.165) is 16.7 Å². The minimum Gasteiger partial charge on any atom is -0.481 e. The normalized spacial score (nSPS) is 16.5. The van der Waals surface area contributed by atoms with Crippen LogP contribution in [0.2, 0.25) is 0 Å². The Hall–Kier alpha value is -2.89. The molecule has 0 aliphatic carbocycles. The minimum absolute atomic E-state index is 0.0892. The molecule has 1 aliphatic rings. The summed E-state index contributed by atoms with van der Waals surface area (Å²) < 4.78 is 18.7. The summed E-state index contributed by atoms with van der Waals surface area (Å²) in [5.41, 5.74) is 3.63. The summed E-state index contributed by atoms with van der Waals surface area (Å²) in [7, 11) is 0. The van der Waals surface area contributed by atoms with Gasteiger partial charge in [0.05, 0.1) is 5.92 Å². The Balaban J connectivity index is 1.64. The Kier molecular flexibility index (Phi) is 4.93. The van der Waals surface area contributed by atoms with Gasteiger partial charge in [0.2, 0.25) is 0 Å². The quantitative estimate of drug-likeness (QED) is 0.863. The van der Waals surface area contributed by atoms with Gasteiger partial charge in [0.15, 0.2) is 6.10 Å². The highest BCUT2D eigenvalue weighted by molar-refractivity contribution is 5.84. The van der Waals surface area contributed by atoms with Crippen LogP contribution in [0.1, 0.15) is 28.2 Å². The maximum Gasteiger partial charge on any atom is 0.312 e. The molecular weight excluding hydrogens is 337 g/mol. The monoisotopic (exact) mass is 357 g/mol. The molecule has 26 heavy (non-hydrogen) atoms. The van der Waals surface area contributed by atoms with E-state index in [2.05, 4.69) is 5.32 Å². The fraction of sp³-hybridized carbons (Fsp3) is 0.300. The maximum atomic E-state index is 13.0. The molecule has 0 bridgehead atoms. The van der Waals surface area contributed by atoms with E-state index in [4.69, 9.17) is 4.74 Å². The average Bonchev–Trinajstić information content (AvgIpc) is 2.99. The number of hydrogen-bond acceptors (Lipinski definition) is 3. The molecule has 0 fully saturated rings. The molecule has 0 spiro atoms. The minimum atomic E-state index is -1.08. The molecule has 2 aromatic carbocycles. The number of carbonyl (C=O) groups is 2. The third-order valence-corrected chi connectivity index (χ3v) is 4.69. The molecule has 136 valence electrons. The van der Waals surface area contributed by atoms with Gasteiger partial charge in [-0.25, -0.2) is 4.39 Å². The standard InChI is InChI=1S/C20H20FNO4/c1-11-7-14-9-18(26-17(14)8-12(11)2)19(23)22-10-16(20(24)25)13-3-5-15(21)6-4-13/h3-8,16,18H,9-10H2,1-2H3,(H,22,23)(H,24,25). The average molecular weight is 357 g/mol. The van der Waals surface area contributed by atoms with Crippen LogP contribution in [0.4, 0.5) is 4.39 Å². The van der Waals surface area contributed by atoms with E-state index >= 15 is 0 Å². The largest absolute Gasteiger partial charge is 0.481 e. The van der Waals surface area contributed by atoms with Crippen molar-refractivity contribution >= 4 is 11.9 Å². The van der Waals surface area contributed by atoms with Crippen molar-refractivity contribution in [2.24, 2.45) is 0 Å². The molecule has 6 heteroatoms. The van der Waals surface area contributed by atoms with Crippen LogP contribution in [0.5, 0.6) is 5.75 Å². The van der Waals surface area contributed by atoms with E-state index in [0.29, 0.717) is 17.7 Å². The second-order valence-corrected chi connectivity index (χ2v) is 6.54. The third-order valence-electron chi connectivity index (χ3n) is 4.69. The summed E-state index contributed by atoms with van der Waals surface area (Å²) in [4.78, 5) is 23.9. The Morgan fingerprint density at radius 3 is 2.54 bits per heavy atom. The van der Waals surface area contributed by atoms with Crippen LogP contribution in [0.25, 0.3) is 0 Å². The Bertz CT molecular complexity index is 817. The molecular formula is C20H20FNO4. The number of fused-ring (bicyclic) bond motifs is 1. The van der Waals surface area contributed by atoms with Crippen LogP contribution < -0.4 is 10.1 Å². The van der Waals surface area contributed by atoms with Crippen molar-refractivity contribution in [2.75, 3.05) is 6.54 Å². The predicted molar refractivity (Wildman–Crippen MR) is 93.8 cm³/mol. The second-order valence-electron chi connectivity index (χ2n) is 6.54. The van der Waals surface area contributed by atoms with Gasteiger partial charge in [-0.2, -0.15) is 0 Å². The van der Waals surface area contributed by atoms with Crippen LogP contribution in [0, 0.1) is 19.7 Å². The van der Waals surface area contributed by atoms with E-state index in [1.807, 2.05) is 26.0 Å². The highest BCUT2D eigenvalue weighted by atomic mass is 19.1. The highest BCUT2D eigenvalue weighted by Gasteiger charge is 2.30. The lowest BCUT2D eigenvalue weighted by atomic mass is 9.99. The molecule has 0 saturated carbocycles. The molecule has 0 aromatic heterocycles. The van der Waals surface area contributed by atoms with Crippen molar-refractivity contribution in [1.82, 2.24) is 5.32 Å². The number of carboxylic acids is 1. The van der Waals surface area contributed by atoms with Crippen LogP contribution >= 0.6 is 0 Å². The number of rotatable bonds is 5. The fourth-order valence-electron chi connectivity index (χ4n) is 3.02. The zero-order valence-electron chi connectivity index (χ0n) is 14.6. The summed E-state index contributed by atoms with van der Waals surface area (Å²) in [5.74, 6) is -2.14. The second kappa shape index (κ2) is 7.15. The molecule has 2 atom stereocenters. The number of carbonyl (C=O) groups excluding carboxylic acids is 1. The van der Waals surface area contributed by atoms with Gasteiger partial charge in [-0.3, -0.25) is 9.59 Å². The summed E-state index contributed by atoms with van der Waals surface area (Å²) in [6, 6.07) is 9.15. The first-order valence-electron chi connectivity index (χ1n) is 8.38. The summed E-state index contributed by atoms with van der Waals surface area (Å²) in [5, 5.41) is 12.0. The van der Waals surface area contributed by atoms with E-state index in [-0.39, 0.29) is 12.5 Å². The molecule has 1 heterocycles. The van der Waals surface area contributed by atoms with Gasteiger partial charge in [0.25, 0.3) is 5.91 Å². The molecule has 1 amide bonds. The number of ether oxygens (including phenoxy) is 1. The molecule has 0 radical (unpaired) electrons. The lowest BCUT2D eigenvalue weighted by molar-refractivity contribution is -0.138. The number of benzene rings is 2. The zero-order valence-corrected chi connectivity index (χ0v) is 14.6. The van der Waals surface area contributed by atoms with E-state index in [9.17, 15) is 19.1 Å². The summed E-state index contributed by atoms with van der Waals surface area (Å²) in [6.45, 7) is 3.89. The third kappa shape index (κ3) is 3.69. The first-order valence-corrected chi connectivity index (χ1v) is 8.38. The van der Waals surface area contributed by atoms with Gasteiger partial charge < -0.3 is 15.2 Å². The molecule has 0 saturated heterocycles. The number of aliphatic carboxylic acids is 1. The zero-order chi connectivity index (χ0) is 18.8. The van der Waals surface area contributed by atoms with Crippen molar-refractivity contribution < 1.29 is 23.8 Å². The van der Waals surface area contributed by atoms with E-state index < -0.39 is 23.8 Å². The maximum absolute atomic E-state index is 13.0. The van der Waals surface area contributed by atoms with Gasteiger partial charge in [0.1, 0.15) is 11.6 Å². The molecule has 3 rings (SSSR count). The predicted octanol–water partition coefficient (Wildman–Crippen LogP) is 2.73. The summed E-state index contributed by atoms with van der Waals surface area (Å²) in [6.07, 6.45) is -0.217. The summed E-state index contributed by atoms with van der Waals surface area (Å²) >= 11 is 0. The van der Waals surface area contributed by atoms with Crippen molar-refractivity contribution in [1.29, 1.82) is 0 Å². The SMILES string of the molecule is Cc1cc2c(cc1C)OC(C(=O)NCC(C(=O)O)c1ccc(F)cc1)C2. The van der Waals surface area contributed by atoms with Gasteiger partial charge in [-0.05, 0) is 54.3 Å². The van der Waals surface area contributed by atoms with Crippen molar-refractivity contribution in [3.05, 3.63) is 64.5 Å². The van der Waals surface area contributed by atoms with Crippen molar-refractivity contribution in [3.8, 4) is 5.75 Å². The molecule has 5 nitrogen and oxygen atoms in total. The van der Waals surface area contributed by atoms with Crippen molar-refractivity contribution in [2.45, 2.75) is 32.3 Å². The number of halogens is 1. The van der Waals surface area contributed by atoms with Crippen LogP contribution in [0.15, 0.2) is 36.4 Å². The van der Waals surface area contributed by atoms with Crippen molar-refractivity contribution in [3.63, 3.8) is 0 Å². The van der Waals surface area contributed by atoms with Crippen LogP contribution in [0.3, 0.4) is 0 Å². The van der Waals surface area contributed by atoms with Gasteiger partial charge in [-0.15, -0.1) is 0 Å².